The molecule has 1 saturated carbocycles. The number of aromatic nitrogens is 2. The first-order valence-corrected chi connectivity index (χ1v) is 7.41. The Hall–Kier alpha value is -0.810. The molecule has 100 valence electrons. The summed E-state index contributed by atoms with van der Waals surface area (Å²) in [4.78, 5) is 8.93. The molecule has 1 aromatic rings. The summed E-state index contributed by atoms with van der Waals surface area (Å²) in [5.74, 6) is 1.62. The molecular weight excluding hydrogens is 246 g/mol. The maximum Gasteiger partial charge on any atom is 0.157 e. The molecule has 1 aromatic heterocycles. The van der Waals surface area contributed by atoms with Crippen molar-refractivity contribution in [2.45, 2.75) is 49.0 Å². The molecule has 0 aromatic carbocycles. The van der Waals surface area contributed by atoms with Crippen molar-refractivity contribution in [1.29, 1.82) is 0 Å². The Balaban J connectivity index is 2.07. The van der Waals surface area contributed by atoms with Crippen LogP contribution in [0.2, 0.25) is 0 Å². The van der Waals surface area contributed by atoms with Crippen LogP contribution in [0.5, 0.6) is 0 Å². The van der Waals surface area contributed by atoms with E-state index in [-0.39, 0.29) is 0 Å². The van der Waals surface area contributed by atoms with Gasteiger partial charge in [-0.25, -0.2) is 9.97 Å². The number of nitrogens with one attached hydrogen (secondary N) is 1. The van der Waals surface area contributed by atoms with Gasteiger partial charge in [-0.05, 0) is 12.8 Å². The Morgan fingerprint density at radius 2 is 2.11 bits per heavy atom. The SMILES string of the molecule is CNc1cc(SC2CCCCC2)nc(COC)n1. The Labute approximate surface area is 113 Å². The minimum Gasteiger partial charge on any atom is -0.377 e. The van der Waals surface area contributed by atoms with Crippen molar-refractivity contribution in [3.8, 4) is 0 Å². The van der Waals surface area contributed by atoms with Crippen LogP contribution in [0, 0.1) is 0 Å². The number of methoxy groups -OCH3 is 1. The standard InChI is InChI=1S/C13H21N3OS/c1-14-11-8-13(16-12(15-11)9-17-2)18-10-6-4-3-5-7-10/h8,10H,3-7,9H2,1-2H3,(H,14,15,16). The number of thioether (sulfide) groups is 1. The predicted octanol–water partition coefficient (Wildman–Crippen LogP) is 3.09. The van der Waals surface area contributed by atoms with Crippen LogP contribution in [0.4, 0.5) is 5.82 Å². The van der Waals surface area contributed by atoms with Crippen molar-refractivity contribution < 1.29 is 4.74 Å². The Bertz CT molecular complexity index is 380. The molecule has 4 nitrogen and oxygen atoms in total. The lowest BCUT2D eigenvalue weighted by molar-refractivity contribution is 0.177. The van der Waals surface area contributed by atoms with Crippen molar-refractivity contribution in [2.24, 2.45) is 0 Å². The van der Waals surface area contributed by atoms with E-state index in [1.54, 1.807) is 7.11 Å². The average molecular weight is 267 g/mol. The maximum atomic E-state index is 5.11. The normalized spacial score (nSPS) is 16.8. The highest BCUT2D eigenvalue weighted by Crippen LogP contribution is 2.33. The van der Waals surface area contributed by atoms with Crippen molar-refractivity contribution in [3.63, 3.8) is 0 Å². The van der Waals surface area contributed by atoms with E-state index in [4.69, 9.17) is 4.74 Å². The van der Waals surface area contributed by atoms with Crippen LogP contribution in [0.1, 0.15) is 37.9 Å². The first-order valence-electron chi connectivity index (χ1n) is 6.53. The molecule has 2 rings (SSSR count). The van der Waals surface area contributed by atoms with Crippen LogP contribution >= 0.6 is 11.8 Å². The molecule has 0 aliphatic heterocycles. The van der Waals surface area contributed by atoms with Crippen molar-refractivity contribution >= 4 is 17.6 Å². The van der Waals surface area contributed by atoms with Gasteiger partial charge in [-0.3, -0.25) is 0 Å². The monoisotopic (exact) mass is 267 g/mol. The van der Waals surface area contributed by atoms with Crippen molar-refractivity contribution in [3.05, 3.63) is 11.9 Å². The van der Waals surface area contributed by atoms with Gasteiger partial charge >= 0.3 is 0 Å². The first-order chi connectivity index (χ1) is 8.81. The molecule has 0 atom stereocenters. The van der Waals surface area contributed by atoms with Gasteiger partial charge in [0.2, 0.25) is 0 Å². The predicted molar refractivity (Wildman–Crippen MR) is 75.0 cm³/mol. The molecule has 1 aliphatic carbocycles. The summed E-state index contributed by atoms with van der Waals surface area (Å²) in [5, 5.41) is 4.86. The zero-order valence-corrected chi connectivity index (χ0v) is 11.9. The maximum absolute atomic E-state index is 5.11. The number of ether oxygens (including phenoxy) is 1. The second-order valence-corrected chi connectivity index (χ2v) is 5.89. The summed E-state index contributed by atoms with van der Waals surface area (Å²) >= 11 is 1.89. The molecule has 1 heterocycles. The highest BCUT2D eigenvalue weighted by atomic mass is 32.2. The number of anilines is 1. The topological polar surface area (TPSA) is 47.0 Å². The smallest absolute Gasteiger partial charge is 0.157 e. The summed E-state index contributed by atoms with van der Waals surface area (Å²) in [7, 11) is 3.55. The van der Waals surface area contributed by atoms with Gasteiger partial charge in [0.25, 0.3) is 0 Å². The Kier molecular flexibility index (Phi) is 5.26. The molecular formula is C13H21N3OS. The van der Waals surface area contributed by atoms with Crippen LogP contribution in [-0.4, -0.2) is 29.4 Å². The second-order valence-electron chi connectivity index (χ2n) is 4.57. The zero-order chi connectivity index (χ0) is 12.8. The Morgan fingerprint density at radius 3 is 2.78 bits per heavy atom. The molecule has 0 bridgehead atoms. The highest BCUT2D eigenvalue weighted by Gasteiger charge is 2.16. The highest BCUT2D eigenvalue weighted by molar-refractivity contribution is 7.99. The van der Waals surface area contributed by atoms with Crippen molar-refractivity contribution in [1.82, 2.24) is 9.97 Å². The van der Waals surface area contributed by atoms with Crippen LogP contribution < -0.4 is 5.32 Å². The fourth-order valence-corrected chi connectivity index (χ4v) is 3.46. The van der Waals surface area contributed by atoms with Crippen LogP contribution in [0.25, 0.3) is 0 Å². The molecule has 1 N–H and O–H groups in total. The summed E-state index contributed by atoms with van der Waals surface area (Å²) < 4.78 is 5.11. The van der Waals surface area contributed by atoms with E-state index in [1.165, 1.54) is 32.1 Å². The minimum absolute atomic E-state index is 0.466. The second kappa shape index (κ2) is 6.95. The molecule has 0 spiro atoms. The summed E-state index contributed by atoms with van der Waals surface area (Å²) in [5.41, 5.74) is 0. The molecule has 0 unspecified atom stereocenters. The van der Waals surface area contributed by atoms with E-state index in [1.807, 2.05) is 24.9 Å². The van der Waals surface area contributed by atoms with E-state index in [2.05, 4.69) is 15.3 Å². The van der Waals surface area contributed by atoms with Gasteiger partial charge in [0.05, 0.1) is 0 Å². The van der Waals surface area contributed by atoms with Gasteiger partial charge in [-0.15, -0.1) is 11.8 Å². The molecule has 0 radical (unpaired) electrons. The first kappa shape index (κ1) is 13.6. The average Bonchev–Trinajstić information content (AvgIpc) is 2.40. The minimum atomic E-state index is 0.466. The van der Waals surface area contributed by atoms with Crippen LogP contribution in [0.3, 0.4) is 0 Å². The largest absolute Gasteiger partial charge is 0.377 e. The van der Waals surface area contributed by atoms with Crippen molar-refractivity contribution in [2.75, 3.05) is 19.5 Å². The van der Waals surface area contributed by atoms with E-state index in [0.717, 1.165) is 16.7 Å². The van der Waals surface area contributed by atoms with Gasteiger partial charge in [0.1, 0.15) is 17.5 Å². The molecule has 18 heavy (non-hydrogen) atoms. The van der Waals surface area contributed by atoms with Gasteiger partial charge in [-0.1, -0.05) is 19.3 Å². The van der Waals surface area contributed by atoms with Crippen LogP contribution in [-0.2, 0) is 11.3 Å². The van der Waals surface area contributed by atoms with Gasteiger partial charge in [-0.2, -0.15) is 0 Å². The molecule has 0 amide bonds. The van der Waals surface area contributed by atoms with E-state index < -0.39 is 0 Å². The zero-order valence-electron chi connectivity index (χ0n) is 11.1. The van der Waals surface area contributed by atoms with Crippen LogP contribution in [0.15, 0.2) is 11.1 Å². The Morgan fingerprint density at radius 1 is 1.33 bits per heavy atom. The summed E-state index contributed by atoms with van der Waals surface area (Å²) in [6, 6.07) is 2.03. The van der Waals surface area contributed by atoms with Gasteiger partial charge in [0.15, 0.2) is 5.82 Å². The fourth-order valence-electron chi connectivity index (χ4n) is 2.21. The number of nitrogens with zero attached hydrogens (tertiary/aromatic N) is 2. The third-order valence-corrected chi connectivity index (χ3v) is 4.37. The third-order valence-electron chi connectivity index (χ3n) is 3.12. The van der Waals surface area contributed by atoms with E-state index in [9.17, 15) is 0 Å². The molecule has 5 heteroatoms. The molecule has 1 aliphatic rings. The quantitative estimate of drug-likeness (QED) is 0.831. The fraction of sp³-hybridized carbons (Fsp3) is 0.692. The number of rotatable bonds is 5. The summed E-state index contributed by atoms with van der Waals surface area (Å²) in [6.07, 6.45) is 6.71. The summed E-state index contributed by atoms with van der Waals surface area (Å²) in [6.45, 7) is 0.466. The third kappa shape index (κ3) is 3.85. The lowest BCUT2D eigenvalue weighted by Crippen LogP contribution is -2.09. The molecule has 1 fully saturated rings. The lowest BCUT2D eigenvalue weighted by Gasteiger charge is -2.20. The van der Waals surface area contributed by atoms with E-state index >= 15 is 0 Å². The lowest BCUT2D eigenvalue weighted by atomic mass is 10.0. The number of hydrogen-bond donors (Lipinski definition) is 1. The van der Waals surface area contributed by atoms with Gasteiger partial charge in [0, 0.05) is 25.5 Å². The molecule has 0 saturated heterocycles. The van der Waals surface area contributed by atoms with E-state index in [0.29, 0.717) is 11.9 Å². The van der Waals surface area contributed by atoms with Gasteiger partial charge < -0.3 is 10.1 Å². The number of hydrogen-bond acceptors (Lipinski definition) is 5.